The third-order valence-electron chi connectivity index (χ3n) is 2.44. The van der Waals surface area contributed by atoms with E-state index < -0.39 is 0 Å². The molecule has 1 aromatic heterocycles. The summed E-state index contributed by atoms with van der Waals surface area (Å²) in [5.74, 6) is 0.554. The maximum absolute atomic E-state index is 9.45. The first-order chi connectivity index (χ1) is 8.72. The van der Waals surface area contributed by atoms with Crippen molar-refractivity contribution in [2.24, 2.45) is 0 Å². The molecule has 0 aliphatic heterocycles. The van der Waals surface area contributed by atoms with Gasteiger partial charge in [0.25, 0.3) is 0 Å². The van der Waals surface area contributed by atoms with E-state index in [0.717, 1.165) is 5.56 Å². The van der Waals surface area contributed by atoms with Gasteiger partial charge in [-0.3, -0.25) is 0 Å². The van der Waals surface area contributed by atoms with Crippen LogP contribution in [0.5, 0.6) is 0 Å². The quantitative estimate of drug-likeness (QED) is 0.847. The number of aromatic nitrogens is 2. The van der Waals surface area contributed by atoms with Gasteiger partial charge < -0.3 is 10.4 Å². The Balaban J connectivity index is 2.24. The molecule has 0 aliphatic carbocycles. The highest BCUT2D eigenvalue weighted by atomic mass is 79.9. The van der Waals surface area contributed by atoms with Crippen molar-refractivity contribution < 1.29 is 5.11 Å². The van der Waals surface area contributed by atoms with Crippen LogP contribution >= 0.6 is 27.5 Å². The van der Waals surface area contributed by atoms with Crippen LogP contribution in [0.15, 0.2) is 41.1 Å². The van der Waals surface area contributed by atoms with Crippen molar-refractivity contribution in [2.45, 2.75) is 6.04 Å². The molecule has 0 fully saturated rings. The number of nitrogens with one attached hydrogen (secondary N) is 1. The van der Waals surface area contributed by atoms with Gasteiger partial charge in [0.2, 0.25) is 0 Å². The van der Waals surface area contributed by atoms with Crippen LogP contribution in [0.1, 0.15) is 11.6 Å². The molecule has 0 amide bonds. The lowest BCUT2D eigenvalue weighted by Crippen LogP contribution is -2.16. The zero-order valence-electron chi connectivity index (χ0n) is 9.35. The monoisotopic (exact) mass is 327 g/mol. The molecule has 1 unspecified atom stereocenters. The lowest BCUT2D eigenvalue weighted by atomic mass is 10.1. The number of aliphatic hydroxyl groups is 1. The van der Waals surface area contributed by atoms with Gasteiger partial charge in [-0.05, 0) is 21.5 Å². The predicted molar refractivity (Wildman–Crippen MR) is 74.6 cm³/mol. The van der Waals surface area contributed by atoms with Gasteiger partial charge in [-0.25, -0.2) is 9.97 Å². The van der Waals surface area contributed by atoms with Gasteiger partial charge in [-0.1, -0.05) is 41.9 Å². The summed E-state index contributed by atoms with van der Waals surface area (Å²) in [7, 11) is 0. The van der Waals surface area contributed by atoms with Gasteiger partial charge in [0.15, 0.2) is 0 Å². The Labute approximate surface area is 118 Å². The van der Waals surface area contributed by atoms with E-state index in [2.05, 4.69) is 31.2 Å². The van der Waals surface area contributed by atoms with Crippen molar-refractivity contribution >= 4 is 33.3 Å². The normalized spacial score (nSPS) is 12.2. The van der Waals surface area contributed by atoms with Crippen molar-refractivity contribution in [3.8, 4) is 0 Å². The van der Waals surface area contributed by atoms with Crippen LogP contribution in [-0.4, -0.2) is 21.7 Å². The lowest BCUT2D eigenvalue weighted by Gasteiger charge is -2.18. The van der Waals surface area contributed by atoms with E-state index in [9.17, 15) is 5.11 Å². The highest BCUT2D eigenvalue weighted by Crippen LogP contribution is 2.28. The maximum atomic E-state index is 9.45. The van der Waals surface area contributed by atoms with E-state index >= 15 is 0 Å². The summed E-state index contributed by atoms with van der Waals surface area (Å²) in [6.45, 7) is -0.0436. The van der Waals surface area contributed by atoms with Crippen LogP contribution < -0.4 is 5.32 Å². The van der Waals surface area contributed by atoms with Crippen molar-refractivity contribution in [2.75, 3.05) is 11.9 Å². The third-order valence-corrected chi connectivity index (χ3v) is 3.71. The van der Waals surface area contributed by atoms with Crippen molar-refractivity contribution in [3.63, 3.8) is 0 Å². The molecule has 0 bridgehead atoms. The third kappa shape index (κ3) is 2.98. The Morgan fingerprint density at radius 1 is 1.28 bits per heavy atom. The first-order valence-electron chi connectivity index (χ1n) is 5.30. The number of anilines is 1. The highest BCUT2D eigenvalue weighted by molar-refractivity contribution is 9.10. The Morgan fingerprint density at radius 2 is 2.00 bits per heavy atom. The maximum Gasteiger partial charge on any atom is 0.148 e. The van der Waals surface area contributed by atoms with Gasteiger partial charge in [-0.2, -0.15) is 0 Å². The molecule has 18 heavy (non-hydrogen) atoms. The molecular formula is C12H11BrClN3O. The van der Waals surface area contributed by atoms with E-state index in [1.165, 1.54) is 6.33 Å². The highest BCUT2D eigenvalue weighted by Gasteiger charge is 2.13. The molecule has 1 atom stereocenters. The SMILES string of the molecule is OCC(Nc1ncnc(Cl)c1Br)c1ccccc1. The number of benzene rings is 1. The van der Waals surface area contributed by atoms with Gasteiger partial charge in [0.1, 0.15) is 17.3 Å². The van der Waals surface area contributed by atoms with E-state index in [1.54, 1.807) is 0 Å². The molecule has 1 aromatic carbocycles. The van der Waals surface area contributed by atoms with Crippen molar-refractivity contribution in [1.29, 1.82) is 0 Å². The van der Waals surface area contributed by atoms with Crippen LogP contribution in [0.4, 0.5) is 5.82 Å². The topological polar surface area (TPSA) is 58.0 Å². The van der Waals surface area contributed by atoms with Crippen LogP contribution in [-0.2, 0) is 0 Å². The fraction of sp³-hybridized carbons (Fsp3) is 0.167. The molecule has 2 aromatic rings. The lowest BCUT2D eigenvalue weighted by molar-refractivity contribution is 0.276. The summed E-state index contributed by atoms with van der Waals surface area (Å²) in [5.41, 5.74) is 0.974. The van der Waals surface area contributed by atoms with Crippen LogP contribution in [0, 0.1) is 0 Å². The average molecular weight is 329 g/mol. The Kier molecular flexibility index (Phi) is 4.52. The molecule has 0 spiro atoms. The average Bonchev–Trinajstić information content (AvgIpc) is 2.41. The minimum absolute atomic E-state index is 0.0436. The first kappa shape index (κ1) is 13.3. The molecular weight excluding hydrogens is 318 g/mol. The number of hydrogen-bond acceptors (Lipinski definition) is 4. The van der Waals surface area contributed by atoms with Gasteiger partial charge >= 0.3 is 0 Å². The summed E-state index contributed by atoms with van der Waals surface area (Å²) in [5, 5.41) is 12.9. The molecule has 0 saturated carbocycles. The van der Waals surface area contributed by atoms with Gasteiger partial charge in [0.05, 0.1) is 17.1 Å². The van der Waals surface area contributed by atoms with E-state index in [-0.39, 0.29) is 12.6 Å². The van der Waals surface area contributed by atoms with Crippen LogP contribution in [0.3, 0.4) is 0 Å². The molecule has 0 aliphatic rings. The summed E-state index contributed by atoms with van der Waals surface area (Å²) in [4.78, 5) is 7.94. The second kappa shape index (κ2) is 6.13. The summed E-state index contributed by atoms with van der Waals surface area (Å²) in [6.07, 6.45) is 1.37. The Morgan fingerprint density at radius 3 is 2.67 bits per heavy atom. The van der Waals surface area contributed by atoms with Gasteiger partial charge in [-0.15, -0.1) is 0 Å². The number of hydrogen-bond donors (Lipinski definition) is 2. The molecule has 2 N–H and O–H groups in total. The van der Waals surface area contributed by atoms with E-state index in [1.807, 2.05) is 30.3 Å². The van der Waals surface area contributed by atoms with Gasteiger partial charge in [0, 0.05) is 0 Å². The smallest absolute Gasteiger partial charge is 0.148 e. The molecule has 2 rings (SSSR count). The fourth-order valence-corrected chi connectivity index (χ4v) is 1.99. The first-order valence-corrected chi connectivity index (χ1v) is 6.48. The minimum atomic E-state index is -0.242. The number of aliphatic hydroxyl groups excluding tert-OH is 1. The minimum Gasteiger partial charge on any atom is -0.394 e. The summed E-state index contributed by atoms with van der Waals surface area (Å²) >= 11 is 9.20. The Bertz CT molecular complexity index is 524. The Hall–Kier alpha value is -1.17. The molecule has 94 valence electrons. The van der Waals surface area contributed by atoms with Crippen LogP contribution in [0.25, 0.3) is 0 Å². The molecule has 1 heterocycles. The van der Waals surface area contributed by atoms with Crippen molar-refractivity contribution in [3.05, 3.63) is 51.8 Å². The molecule has 6 heteroatoms. The second-order valence-corrected chi connectivity index (χ2v) is 4.77. The number of halogens is 2. The van der Waals surface area contributed by atoms with E-state index in [4.69, 9.17) is 11.6 Å². The summed E-state index contributed by atoms with van der Waals surface area (Å²) < 4.78 is 0.584. The second-order valence-electron chi connectivity index (χ2n) is 3.62. The van der Waals surface area contributed by atoms with Crippen molar-refractivity contribution in [1.82, 2.24) is 9.97 Å². The predicted octanol–water partition coefficient (Wildman–Crippen LogP) is 3.04. The molecule has 0 saturated heterocycles. The fourth-order valence-electron chi connectivity index (χ4n) is 1.53. The standard InChI is InChI=1S/C12H11BrClN3O/c13-10-11(14)15-7-16-12(10)17-9(6-18)8-4-2-1-3-5-8/h1-5,7,9,18H,6H2,(H,15,16,17). The van der Waals surface area contributed by atoms with Crippen LogP contribution in [0.2, 0.25) is 5.15 Å². The largest absolute Gasteiger partial charge is 0.394 e. The molecule has 4 nitrogen and oxygen atoms in total. The van der Waals surface area contributed by atoms with E-state index in [0.29, 0.717) is 15.4 Å². The zero-order valence-corrected chi connectivity index (χ0v) is 11.7. The zero-order chi connectivity index (χ0) is 13.0. The number of rotatable bonds is 4. The summed E-state index contributed by atoms with van der Waals surface area (Å²) in [6, 6.07) is 9.39. The number of nitrogens with zero attached hydrogens (tertiary/aromatic N) is 2. The molecule has 0 radical (unpaired) electrons.